The van der Waals surface area contributed by atoms with E-state index in [4.69, 9.17) is 0 Å². The summed E-state index contributed by atoms with van der Waals surface area (Å²) in [6, 6.07) is 7.65. The lowest BCUT2D eigenvalue weighted by molar-refractivity contribution is 0.376. The maximum Gasteiger partial charge on any atom is 0.141 e. The summed E-state index contributed by atoms with van der Waals surface area (Å²) in [5, 5.41) is 10.9. The maximum atomic E-state index is 9.92. The SMILES string of the molecule is CN(C)Cc1cc2cccc(O)c2nc1CN(C)C. The van der Waals surface area contributed by atoms with Crippen LogP contribution in [0.15, 0.2) is 24.3 Å². The van der Waals surface area contributed by atoms with E-state index in [-0.39, 0.29) is 5.75 Å². The molecule has 0 unspecified atom stereocenters. The van der Waals surface area contributed by atoms with Crippen molar-refractivity contribution in [2.45, 2.75) is 13.1 Å². The fraction of sp³-hybridized carbons (Fsp3) is 0.400. The molecule has 0 saturated heterocycles. The van der Waals surface area contributed by atoms with Crippen molar-refractivity contribution in [3.63, 3.8) is 0 Å². The first-order chi connectivity index (χ1) is 8.97. The summed E-state index contributed by atoms with van der Waals surface area (Å²) in [6.07, 6.45) is 0. The highest BCUT2D eigenvalue weighted by Gasteiger charge is 2.10. The molecule has 0 bridgehead atoms. The van der Waals surface area contributed by atoms with Crippen LogP contribution in [0.2, 0.25) is 0 Å². The summed E-state index contributed by atoms with van der Waals surface area (Å²) in [4.78, 5) is 8.87. The van der Waals surface area contributed by atoms with Gasteiger partial charge in [0, 0.05) is 18.5 Å². The Bertz CT molecular complexity index is 579. The zero-order chi connectivity index (χ0) is 14.0. The quantitative estimate of drug-likeness (QED) is 0.912. The molecule has 0 amide bonds. The summed E-state index contributed by atoms with van der Waals surface area (Å²) in [5.41, 5.74) is 2.91. The van der Waals surface area contributed by atoms with Gasteiger partial charge in [-0.1, -0.05) is 12.1 Å². The topological polar surface area (TPSA) is 39.6 Å². The van der Waals surface area contributed by atoms with E-state index in [1.54, 1.807) is 6.07 Å². The van der Waals surface area contributed by atoms with E-state index in [1.807, 2.05) is 40.3 Å². The van der Waals surface area contributed by atoms with Crippen molar-refractivity contribution in [3.8, 4) is 5.75 Å². The predicted octanol–water partition coefficient (Wildman–Crippen LogP) is 2.06. The first-order valence-electron chi connectivity index (χ1n) is 6.37. The standard InChI is InChI=1S/C15H21N3O/c1-17(2)9-12-8-11-6-5-7-14(19)15(11)16-13(12)10-18(3)4/h5-8,19H,9-10H2,1-4H3. The molecule has 0 aliphatic heterocycles. The average molecular weight is 259 g/mol. The van der Waals surface area contributed by atoms with E-state index in [1.165, 1.54) is 5.56 Å². The lowest BCUT2D eigenvalue weighted by Crippen LogP contribution is -2.18. The molecular weight excluding hydrogens is 238 g/mol. The first kappa shape index (κ1) is 13.8. The molecule has 0 saturated carbocycles. The number of aromatic nitrogens is 1. The zero-order valence-electron chi connectivity index (χ0n) is 12.0. The Hall–Kier alpha value is -1.65. The average Bonchev–Trinajstić information content (AvgIpc) is 2.29. The van der Waals surface area contributed by atoms with Crippen LogP contribution >= 0.6 is 0 Å². The fourth-order valence-electron chi connectivity index (χ4n) is 2.18. The highest BCUT2D eigenvalue weighted by atomic mass is 16.3. The number of hydrogen-bond donors (Lipinski definition) is 1. The van der Waals surface area contributed by atoms with Gasteiger partial charge in [0.2, 0.25) is 0 Å². The molecule has 1 N–H and O–H groups in total. The van der Waals surface area contributed by atoms with Gasteiger partial charge in [-0.3, -0.25) is 0 Å². The number of nitrogens with zero attached hydrogens (tertiary/aromatic N) is 3. The number of benzene rings is 1. The molecule has 102 valence electrons. The Morgan fingerprint density at radius 3 is 2.37 bits per heavy atom. The molecule has 2 rings (SSSR count). The van der Waals surface area contributed by atoms with Crippen LogP contribution in [0.5, 0.6) is 5.75 Å². The molecule has 1 aromatic heterocycles. The summed E-state index contributed by atoms with van der Waals surface area (Å²) in [5.74, 6) is 0.244. The van der Waals surface area contributed by atoms with Crippen LogP contribution in [0.3, 0.4) is 0 Å². The molecule has 0 aliphatic rings. The molecule has 0 aliphatic carbocycles. The molecule has 0 radical (unpaired) electrons. The van der Waals surface area contributed by atoms with Gasteiger partial charge in [-0.15, -0.1) is 0 Å². The second-order valence-electron chi connectivity index (χ2n) is 5.42. The minimum absolute atomic E-state index is 0.244. The molecule has 0 spiro atoms. The Labute approximate surface area is 114 Å². The molecule has 2 aromatic rings. The monoisotopic (exact) mass is 259 g/mol. The molecule has 1 heterocycles. The largest absolute Gasteiger partial charge is 0.506 e. The Morgan fingerprint density at radius 2 is 1.74 bits per heavy atom. The predicted molar refractivity (Wildman–Crippen MR) is 78.2 cm³/mol. The fourth-order valence-corrected chi connectivity index (χ4v) is 2.18. The minimum atomic E-state index is 0.244. The molecular formula is C15H21N3O. The highest BCUT2D eigenvalue weighted by molar-refractivity contribution is 5.84. The highest BCUT2D eigenvalue weighted by Crippen LogP contribution is 2.25. The van der Waals surface area contributed by atoms with Crippen molar-refractivity contribution in [1.82, 2.24) is 14.8 Å². The van der Waals surface area contributed by atoms with Gasteiger partial charge in [0.15, 0.2) is 0 Å². The third-order valence-corrected chi connectivity index (χ3v) is 2.95. The third-order valence-electron chi connectivity index (χ3n) is 2.95. The summed E-state index contributed by atoms with van der Waals surface area (Å²) >= 11 is 0. The smallest absolute Gasteiger partial charge is 0.141 e. The number of phenols is 1. The first-order valence-corrected chi connectivity index (χ1v) is 6.37. The van der Waals surface area contributed by atoms with Gasteiger partial charge in [-0.25, -0.2) is 4.98 Å². The van der Waals surface area contributed by atoms with Gasteiger partial charge in [-0.2, -0.15) is 0 Å². The van der Waals surface area contributed by atoms with E-state index in [0.717, 1.165) is 24.2 Å². The van der Waals surface area contributed by atoms with Gasteiger partial charge in [-0.05, 0) is 45.9 Å². The summed E-state index contributed by atoms with van der Waals surface area (Å²) < 4.78 is 0. The molecule has 0 atom stereocenters. The van der Waals surface area contributed by atoms with Crippen LogP contribution in [-0.2, 0) is 13.1 Å². The van der Waals surface area contributed by atoms with E-state index in [2.05, 4.69) is 20.9 Å². The van der Waals surface area contributed by atoms with Crippen molar-refractivity contribution in [1.29, 1.82) is 0 Å². The number of phenolic OH excluding ortho intramolecular Hbond substituents is 1. The van der Waals surface area contributed by atoms with Gasteiger partial charge in [0.25, 0.3) is 0 Å². The zero-order valence-corrected chi connectivity index (χ0v) is 12.0. The van der Waals surface area contributed by atoms with Crippen molar-refractivity contribution >= 4 is 10.9 Å². The Balaban J connectivity index is 2.56. The number of fused-ring (bicyclic) bond motifs is 1. The van der Waals surface area contributed by atoms with Crippen LogP contribution in [-0.4, -0.2) is 48.1 Å². The van der Waals surface area contributed by atoms with Crippen LogP contribution in [0.4, 0.5) is 0 Å². The van der Waals surface area contributed by atoms with Crippen LogP contribution < -0.4 is 0 Å². The normalized spacial score (nSPS) is 11.7. The molecule has 19 heavy (non-hydrogen) atoms. The van der Waals surface area contributed by atoms with Crippen LogP contribution in [0.1, 0.15) is 11.3 Å². The van der Waals surface area contributed by atoms with E-state index in [9.17, 15) is 5.11 Å². The van der Waals surface area contributed by atoms with Gasteiger partial charge >= 0.3 is 0 Å². The number of para-hydroxylation sites is 1. The summed E-state index contributed by atoms with van der Waals surface area (Å²) in [7, 11) is 8.14. The van der Waals surface area contributed by atoms with E-state index in [0.29, 0.717) is 5.52 Å². The number of aromatic hydroxyl groups is 1. The van der Waals surface area contributed by atoms with Crippen molar-refractivity contribution < 1.29 is 5.11 Å². The molecule has 4 heteroatoms. The molecule has 4 nitrogen and oxygen atoms in total. The number of hydrogen-bond acceptors (Lipinski definition) is 4. The summed E-state index contributed by atoms with van der Waals surface area (Å²) in [6.45, 7) is 1.62. The molecule has 0 fully saturated rings. The lowest BCUT2D eigenvalue weighted by atomic mass is 10.1. The lowest BCUT2D eigenvalue weighted by Gasteiger charge is -2.17. The minimum Gasteiger partial charge on any atom is -0.506 e. The van der Waals surface area contributed by atoms with Gasteiger partial charge in [0.1, 0.15) is 11.3 Å². The van der Waals surface area contributed by atoms with E-state index < -0.39 is 0 Å². The maximum absolute atomic E-state index is 9.92. The van der Waals surface area contributed by atoms with Crippen molar-refractivity contribution in [2.24, 2.45) is 0 Å². The Morgan fingerprint density at radius 1 is 1.05 bits per heavy atom. The number of pyridine rings is 1. The van der Waals surface area contributed by atoms with E-state index >= 15 is 0 Å². The van der Waals surface area contributed by atoms with Crippen molar-refractivity contribution in [3.05, 3.63) is 35.5 Å². The second kappa shape index (κ2) is 5.55. The van der Waals surface area contributed by atoms with Crippen LogP contribution in [0, 0.1) is 0 Å². The third kappa shape index (κ3) is 3.22. The van der Waals surface area contributed by atoms with Crippen molar-refractivity contribution in [2.75, 3.05) is 28.2 Å². The van der Waals surface area contributed by atoms with Crippen LogP contribution in [0.25, 0.3) is 10.9 Å². The molecule has 1 aromatic carbocycles. The van der Waals surface area contributed by atoms with Gasteiger partial charge < -0.3 is 14.9 Å². The van der Waals surface area contributed by atoms with Gasteiger partial charge in [0.05, 0.1) is 5.69 Å². The number of rotatable bonds is 4. The Kier molecular flexibility index (Phi) is 4.02. The second-order valence-corrected chi connectivity index (χ2v) is 5.42.